The Hall–Kier alpha value is -4.51. The van der Waals surface area contributed by atoms with Crippen LogP contribution in [0.3, 0.4) is 0 Å². The van der Waals surface area contributed by atoms with Crippen LogP contribution in [0.1, 0.15) is 0 Å². The van der Waals surface area contributed by atoms with E-state index in [9.17, 15) is 10.1 Å². The molecule has 5 heteroatoms. The van der Waals surface area contributed by atoms with Crippen LogP contribution in [0.5, 0.6) is 0 Å². The molecular weight excluding hydrogens is 398 g/mol. The summed E-state index contributed by atoms with van der Waals surface area (Å²) < 4.78 is 2.18. The largest absolute Gasteiger partial charge is 0.291 e. The molecule has 0 N–H and O–H groups in total. The van der Waals surface area contributed by atoms with Crippen molar-refractivity contribution in [3.63, 3.8) is 0 Å². The molecule has 0 aliphatic rings. The van der Waals surface area contributed by atoms with Crippen LogP contribution in [0.4, 0.5) is 5.69 Å². The Morgan fingerprint density at radius 1 is 0.688 bits per heavy atom. The van der Waals surface area contributed by atoms with E-state index in [0.717, 1.165) is 49.8 Å². The van der Waals surface area contributed by atoms with E-state index in [2.05, 4.69) is 34.7 Å². The second kappa shape index (κ2) is 7.03. The smallest absolute Gasteiger partial charge is 0.269 e. The molecule has 152 valence electrons. The third-order valence-corrected chi connectivity index (χ3v) is 5.87. The van der Waals surface area contributed by atoms with Gasteiger partial charge >= 0.3 is 0 Å². The van der Waals surface area contributed by atoms with Crippen LogP contribution >= 0.6 is 0 Å². The summed E-state index contributed by atoms with van der Waals surface area (Å²) in [5, 5.41) is 13.4. The number of imidazole rings is 1. The van der Waals surface area contributed by atoms with Crippen molar-refractivity contribution in [2.45, 2.75) is 0 Å². The molecule has 0 spiro atoms. The van der Waals surface area contributed by atoms with Gasteiger partial charge < -0.3 is 0 Å². The fourth-order valence-electron chi connectivity index (χ4n) is 4.48. The average Bonchev–Trinajstić information content (AvgIpc) is 3.22. The van der Waals surface area contributed by atoms with E-state index in [1.54, 1.807) is 12.1 Å². The number of pyridine rings is 1. The van der Waals surface area contributed by atoms with E-state index in [1.807, 2.05) is 60.7 Å². The summed E-state index contributed by atoms with van der Waals surface area (Å²) in [5.41, 5.74) is 6.89. The highest BCUT2D eigenvalue weighted by Gasteiger charge is 2.20. The first kappa shape index (κ1) is 18.3. The zero-order valence-electron chi connectivity index (χ0n) is 17.0. The van der Waals surface area contributed by atoms with Gasteiger partial charge in [0.1, 0.15) is 5.65 Å². The van der Waals surface area contributed by atoms with Gasteiger partial charge in [0.15, 0.2) is 0 Å². The van der Waals surface area contributed by atoms with E-state index in [1.165, 1.54) is 0 Å². The van der Waals surface area contributed by atoms with Crippen LogP contribution in [0.2, 0.25) is 0 Å². The molecule has 32 heavy (non-hydrogen) atoms. The Morgan fingerprint density at radius 2 is 1.34 bits per heavy atom. The SMILES string of the molecule is O=[N+]([O-])c1ccc(-c2c3ccccc3c(-c3ccccc3)c3nc4ccccc4n23)cc1. The molecule has 0 aliphatic carbocycles. The summed E-state index contributed by atoms with van der Waals surface area (Å²) in [6, 6.07) is 33.4. The van der Waals surface area contributed by atoms with Crippen LogP contribution in [0.15, 0.2) is 103 Å². The van der Waals surface area contributed by atoms with E-state index < -0.39 is 0 Å². The highest BCUT2D eigenvalue weighted by atomic mass is 16.6. The zero-order valence-corrected chi connectivity index (χ0v) is 17.0. The van der Waals surface area contributed by atoms with Crippen molar-refractivity contribution < 1.29 is 4.92 Å². The van der Waals surface area contributed by atoms with Gasteiger partial charge in [0, 0.05) is 23.1 Å². The number of fused-ring (bicyclic) bond motifs is 4. The van der Waals surface area contributed by atoms with Crippen molar-refractivity contribution in [2.24, 2.45) is 0 Å². The molecule has 4 aromatic carbocycles. The van der Waals surface area contributed by atoms with E-state index in [4.69, 9.17) is 4.98 Å². The predicted octanol–water partition coefficient (Wildman–Crippen LogP) is 6.88. The monoisotopic (exact) mass is 415 g/mol. The van der Waals surface area contributed by atoms with Gasteiger partial charge in [0.25, 0.3) is 5.69 Å². The van der Waals surface area contributed by atoms with Crippen molar-refractivity contribution in [1.29, 1.82) is 0 Å². The van der Waals surface area contributed by atoms with Gasteiger partial charge in [-0.3, -0.25) is 14.5 Å². The van der Waals surface area contributed by atoms with Crippen molar-refractivity contribution in [2.75, 3.05) is 0 Å². The van der Waals surface area contributed by atoms with Crippen LogP contribution in [-0.4, -0.2) is 14.3 Å². The van der Waals surface area contributed by atoms with E-state index in [-0.39, 0.29) is 10.6 Å². The molecule has 0 fully saturated rings. The number of hydrogen-bond donors (Lipinski definition) is 0. The molecule has 0 aliphatic heterocycles. The van der Waals surface area contributed by atoms with Gasteiger partial charge in [-0.1, -0.05) is 66.7 Å². The van der Waals surface area contributed by atoms with Gasteiger partial charge in [0.05, 0.1) is 21.7 Å². The topological polar surface area (TPSA) is 60.4 Å². The molecule has 0 saturated heterocycles. The second-order valence-electron chi connectivity index (χ2n) is 7.70. The first-order valence-corrected chi connectivity index (χ1v) is 10.3. The van der Waals surface area contributed by atoms with Gasteiger partial charge in [-0.05, 0) is 40.8 Å². The molecule has 0 unspecified atom stereocenters. The number of rotatable bonds is 3. The number of nitrogens with zero attached hydrogens (tertiary/aromatic N) is 3. The van der Waals surface area contributed by atoms with Gasteiger partial charge in [-0.2, -0.15) is 0 Å². The standard InChI is InChI=1S/C27H17N3O2/c31-30(32)20-16-14-19(15-17-20)26-22-11-5-4-10-21(22)25(18-8-2-1-3-9-18)27-28-23-12-6-7-13-24(23)29(26)27/h1-17H. The molecule has 2 heterocycles. The maximum Gasteiger partial charge on any atom is 0.269 e. The third kappa shape index (κ3) is 2.68. The second-order valence-corrected chi connectivity index (χ2v) is 7.70. The van der Waals surface area contributed by atoms with Crippen LogP contribution < -0.4 is 0 Å². The number of nitro benzene ring substituents is 1. The third-order valence-electron chi connectivity index (χ3n) is 5.87. The quantitative estimate of drug-likeness (QED) is 0.234. The van der Waals surface area contributed by atoms with Crippen molar-refractivity contribution in [3.8, 4) is 22.4 Å². The summed E-state index contributed by atoms with van der Waals surface area (Å²) in [4.78, 5) is 15.9. The van der Waals surface area contributed by atoms with Crippen molar-refractivity contribution >= 4 is 33.1 Å². The van der Waals surface area contributed by atoms with Gasteiger partial charge in [-0.15, -0.1) is 0 Å². The number of hydrogen-bond acceptors (Lipinski definition) is 3. The first-order chi connectivity index (χ1) is 15.7. The number of benzene rings is 4. The average molecular weight is 415 g/mol. The molecule has 6 rings (SSSR count). The summed E-state index contributed by atoms with van der Waals surface area (Å²) in [6.45, 7) is 0. The normalized spacial score (nSPS) is 11.4. The lowest BCUT2D eigenvalue weighted by atomic mass is 9.96. The molecular formula is C27H17N3O2. The molecule has 0 radical (unpaired) electrons. The molecule has 2 aromatic heterocycles. The first-order valence-electron chi connectivity index (χ1n) is 10.3. The Bertz CT molecular complexity index is 1640. The predicted molar refractivity (Wildman–Crippen MR) is 128 cm³/mol. The van der Waals surface area contributed by atoms with Crippen LogP contribution in [0.25, 0.3) is 49.8 Å². The Labute approximate surface area is 183 Å². The molecule has 0 saturated carbocycles. The van der Waals surface area contributed by atoms with E-state index >= 15 is 0 Å². The lowest BCUT2D eigenvalue weighted by Gasteiger charge is -2.16. The highest BCUT2D eigenvalue weighted by molar-refractivity contribution is 6.10. The van der Waals surface area contributed by atoms with Crippen molar-refractivity contribution in [3.05, 3.63) is 113 Å². The highest BCUT2D eigenvalue weighted by Crippen LogP contribution is 2.40. The maximum atomic E-state index is 11.2. The molecule has 0 atom stereocenters. The molecule has 0 amide bonds. The molecule has 5 nitrogen and oxygen atoms in total. The van der Waals surface area contributed by atoms with E-state index in [0.29, 0.717) is 0 Å². The fraction of sp³-hybridized carbons (Fsp3) is 0. The Morgan fingerprint density at radius 3 is 2.09 bits per heavy atom. The minimum absolute atomic E-state index is 0.0747. The summed E-state index contributed by atoms with van der Waals surface area (Å²) >= 11 is 0. The number of para-hydroxylation sites is 2. The van der Waals surface area contributed by atoms with Gasteiger partial charge in [0.2, 0.25) is 0 Å². The lowest BCUT2D eigenvalue weighted by Crippen LogP contribution is -1.98. The Balaban J connectivity index is 1.83. The minimum atomic E-state index is -0.372. The Kier molecular flexibility index (Phi) is 4.01. The molecule has 0 bridgehead atoms. The fourth-order valence-corrected chi connectivity index (χ4v) is 4.48. The number of nitro groups is 1. The van der Waals surface area contributed by atoms with Crippen LogP contribution in [-0.2, 0) is 0 Å². The zero-order chi connectivity index (χ0) is 21.7. The maximum absolute atomic E-state index is 11.2. The van der Waals surface area contributed by atoms with Gasteiger partial charge in [-0.25, -0.2) is 4.98 Å². The minimum Gasteiger partial charge on any atom is -0.291 e. The summed E-state index contributed by atoms with van der Waals surface area (Å²) in [6.07, 6.45) is 0. The lowest BCUT2D eigenvalue weighted by molar-refractivity contribution is -0.384. The molecule has 6 aromatic rings. The van der Waals surface area contributed by atoms with Crippen LogP contribution in [0, 0.1) is 10.1 Å². The summed E-state index contributed by atoms with van der Waals surface area (Å²) in [5.74, 6) is 0. The number of aromatic nitrogens is 2. The number of non-ortho nitro benzene ring substituents is 1. The van der Waals surface area contributed by atoms with Crippen molar-refractivity contribution in [1.82, 2.24) is 9.38 Å². The summed E-state index contributed by atoms with van der Waals surface area (Å²) in [7, 11) is 0.